The Bertz CT molecular complexity index is 429. The molecule has 6 nitrogen and oxygen atoms in total. The molecule has 0 bridgehead atoms. The summed E-state index contributed by atoms with van der Waals surface area (Å²) in [5.41, 5.74) is 5.46. The smallest absolute Gasteiger partial charge is 0.246 e. The van der Waals surface area contributed by atoms with E-state index in [0.29, 0.717) is 0 Å². The lowest BCUT2D eigenvalue weighted by atomic mass is 10.4. The number of nitrogen functional groups attached to an aromatic ring is 1. The molecular weight excluding hydrogens is 248 g/mol. The largest absolute Gasteiger partial charge is 0.383 e. The molecule has 1 unspecified atom stereocenters. The molecule has 0 aliphatic carbocycles. The van der Waals surface area contributed by atoms with Crippen LogP contribution >= 0.6 is 11.8 Å². The molecule has 1 atom stereocenters. The normalized spacial score (nSPS) is 13.9. The maximum absolute atomic E-state index is 11.8. The first-order chi connectivity index (χ1) is 7.47. The summed E-state index contributed by atoms with van der Waals surface area (Å²) in [5.74, 6) is 1.75. The fourth-order valence-corrected chi connectivity index (χ4v) is 3.20. The van der Waals surface area contributed by atoms with Gasteiger partial charge in [0.05, 0.1) is 6.20 Å². The number of anilines is 1. The van der Waals surface area contributed by atoms with Gasteiger partial charge in [-0.25, -0.2) is 13.1 Å². The van der Waals surface area contributed by atoms with Gasteiger partial charge in [0.25, 0.3) is 0 Å². The van der Waals surface area contributed by atoms with Crippen molar-refractivity contribution in [3.8, 4) is 0 Å². The van der Waals surface area contributed by atoms with Crippen LogP contribution in [-0.4, -0.2) is 36.2 Å². The Morgan fingerprint density at radius 3 is 2.88 bits per heavy atom. The van der Waals surface area contributed by atoms with Gasteiger partial charge in [0.15, 0.2) is 0 Å². The minimum Gasteiger partial charge on any atom is -0.383 e. The van der Waals surface area contributed by atoms with Crippen LogP contribution in [0.1, 0.15) is 13.8 Å². The summed E-state index contributed by atoms with van der Waals surface area (Å²) in [6, 6.07) is -0.135. The first kappa shape index (κ1) is 13.3. The molecular formula is C8H16N4O2S2. The molecule has 1 heterocycles. The summed E-state index contributed by atoms with van der Waals surface area (Å²) >= 11 is 1.68. The second kappa shape index (κ2) is 5.55. The van der Waals surface area contributed by atoms with Gasteiger partial charge in [-0.1, -0.05) is 6.92 Å². The highest BCUT2D eigenvalue weighted by Crippen LogP contribution is 2.14. The molecule has 0 aliphatic heterocycles. The van der Waals surface area contributed by atoms with E-state index in [-0.39, 0.29) is 16.8 Å². The molecule has 1 aromatic rings. The van der Waals surface area contributed by atoms with Crippen LogP contribution in [0, 0.1) is 0 Å². The van der Waals surface area contributed by atoms with Crippen LogP contribution in [0.2, 0.25) is 0 Å². The van der Waals surface area contributed by atoms with Crippen LogP contribution < -0.4 is 10.5 Å². The summed E-state index contributed by atoms with van der Waals surface area (Å²) in [6.45, 7) is 3.84. The standard InChI is InChI=1S/C8H16N4O2S2/c1-3-15-5-6(2)12-16(13,14)7-4-10-11-8(7)9/h4,6,12H,3,5H2,1-2H3,(H3,9,10,11). The number of thioether (sulfide) groups is 1. The average molecular weight is 264 g/mol. The summed E-state index contributed by atoms with van der Waals surface area (Å²) in [6.07, 6.45) is 1.21. The van der Waals surface area contributed by atoms with Crippen molar-refractivity contribution in [1.82, 2.24) is 14.9 Å². The van der Waals surface area contributed by atoms with E-state index in [2.05, 4.69) is 14.9 Å². The van der Waals surface area contributed by atoms with Crippen LogP contribution in [0.25, 0.3) is 0 Å². The van der Waals surface area contributed by atoms with E-state index in [0.717, 1.165) is 11.5 Å². The third kappa shape index (κ3) is 3.39. The van der Waals surface area contributed by atoms with Crippen LogP contribution in [0.3, 0.4) is 0 Å². The van der Waals surface area contributed by atoms with E-state index in [9.17, 15) is 8.42 Å². The number of sulfonamides is 1. The monoisotopic (exact) mass is 264 g/mol. The van der Waals surface area contributed by atoms with Crippen molar-refractivity contribution in [2.75, 3.05) is 17.2 Å². The van der Waals surface area contributed by atoms with Crippen molar-refractivity contribution in [1.29, 1.82) is 0 Å². The molecule has 0 saturated carbocycles. The molecule has 4 N–H and O–H groups in total. The number of nitrogens with one attached hydrogen (secondary N) is 2. The predicted molar refractivity (Wildman–Crippen MR) is 65.8 cm³/mol. The van der Waals surface area contributed by atoms with E-state index in [1.165, 1.54) is 6.20 Å². The van der Waals surface area contributed by atoms with Gasteiger partial charge in [0.2, 0.25) is 10.0 Å². The maximum atomic E-state index is 11.8. The first-order valence-corrected chi connectivity index (χ1v) is 7.50. The second-order valence-corrected chi connectivity index (χ2v) is 6.33. The van der Waals surface area contributed by atoms with Crippen LogP contribution in [-0.2, 0) is 10.0 Å². The molecule has 0 amide bonds. The van der Waals surface area contributed by atoms with Gasteiger partial charge in [0.1, 0.15) is 10.7 Å². The summed E-state index contributed by atoms with van der Waals surface area (Å²) in [4.78, 5) is 0.000786. The number of aromatic nitrogens is 2. The first-order valence-electron chi connectivity index (χ1n) is 4.86. The molecule has 92 valence electrons. The van der Waals surface area contributed by atoms with E-state index < -0.39 is 10.0 Å². The topological polar surface area (TPSA) is 101 Å². The maximum Gasteiger partial charge on any atom is 0.246 e. The van der Waals surface area contributed by atoms with Crippen LogP contribution in [0.5, 0.6) is 0 Å². The summed E-state index contributed by atoms with van der Waals surface area (Å²) < 4.78 is 26.2. The molecule has 8 heteroatoms. The molecule has 0 radical (unpaired) electrons. The predicted octanol–water partition coefficient (Wildman–Crippen LogP) is 0.412. The van der Waals surface area contributed by atoms with Gasteiger partial charge < -0.3 is 5.73 Å². The van der Waals surface area contributed by atoms with Gasteiger partial charge in [-0.2, -0.15) is 16.9 Å². The highest BCUT2D eigenvalue weighted by molar-refractivity contribution is 7.99. The lowest BCUT2D eigenvalue weighted by Gasteiger charge is -2.12. The highest BCUT2D eigenvalue weighted by Gasteiger charge is 2.21. The van der Waals surface area contributed by atoms with Crippen LogP contribution in [0.4, 0.5) is 5.82 Å². The van der Waals surface area contributed by atoms with Gasteiger partial charge in [-0.15, -0.1) is 0 Å². The quantitative estimate of drug-likeness (QED) is 0.691. The molecule has 0 fully saturated rings. The minimum absolute atomic E-state index is 0.000786. The van der Waals surface area contributed by atoms with Gasteiger partial charge in [-0.05, 0) is 12.7 Å². The zero-order valence-electron chi connectivity index (χ0n) is 9.23. The Morgan fingerprint density at radius 2 is 2.38 bits per heavy atom. The number of aromatic amines is 1. The molecule has 0 saturated heterocycles. The number of nitrogens with zero attached hydrogens (tertiary/aromatic N) is 1. The van der Waals surface area contributed by atoms with Gasteiger partial charge in [0, 0.05) is 11.8 Å². The van der Waals surface area contributed by atoms with Crippen molar-refractivity contribution in [2.45, 2.75) is 24.8 Å². The van der Waals surface area contributed by atoms with E-state index >= 15 is 0 Å². The summed E-state index contributed by atoms with van der Waals surface area (Å²) in [5, 5.41) is 5.98. The summed E-state index contributed by atoms with van der Waals surface area (Å²) in [7, 11) is -3.56. The third-order valence-corrected chi connectivity index (χ3v) is 4.61. The van der Waals surface area contributed by atoms with Crippen molar-refractivity contribution >= 4 is 27.6 Å². The Kier molecular flexibility index (Phi) is 4.63. The van der Waals surface area contributed by atoms with Crippen molar-refractivity contribution in [2.24, 2.45) is 0 Å². The van der Waals surface area contributed by atoms with Crippen molar-refractivity contribution in [3.05, 3.63) is 6.20 Å². The minimum atomic E-state index is -3.56. The van der Waals surface area contributed by atoms with Crippen molar-refractivity contribution in [3.63, 3.8) is 0 Å². The van der Waals surface area contributed by atoms with Crippen molar-refractivity contribution < 1.29 is 8.42 Å². The number of hydrogen-bond acceptors (Lipinski definition) is 5. The third-order valence-electron chi connectivity index (χ3n) is 1.85. The SMILES string of the molecule is CCSCC(C)NS(=O)(=O)c1cn[nH]c1N. The Labute approximate surface area is 99.4 Å². The zero-order valence-corrected chi connectivity index (χ0v) is 10.9. The van der Waals surface area contributed by atoms with Gasteiger partial charge >= 0.3 is 0 Å². The fourth-order valence-electron chi connectivity index (χ4n) is 1.16. The van der Waals surface area contributed by atoms with Gasteiger partial charge in [-0.3, -0.25) is 5.10 Å². The second-order valence-electron chi connectivity index (χ2n) is 3.33. The molecule has 1 aromatic heterocycles. The van der Waals surface area contributed by atoms with Crippen LogP contribution in [0.15, 0.2) is 11.1 Å². The number of rotatable bonds is 6. The molecule has 1 rings (SSSR count). The average Bonchev–Trinajstić information content (AvgIpc) is 2.61. The molecule has 16 heavy (non-hydrogen) atoms. The van der Waals surface area contributed by atoms with E-state index in [1.54, 1.807) is 11.8 Å². The molecule has 0 spiro atoms. The lowest BCUT2D eigenvalue weighted by molar-refractivity contribution is 0.571. The Morgan fingerprint density at radius 1 is 1.69 bits per heavy atom. The molecule has 0 aliphatic rings. The fraction of sp³-hybridized carbons (Fsp3) is 0.625. The highest BCUT2D eigenvalue weighted by atomic mass is 32.2. The van der Waals surface area contributed by atoms with E-state index in [4.69, 9.17) is 5.73 Å². The zero-order chi connectivity index (χ0) is 12.2. The number of H-pyrrole nitrogens is 1. The Balaban J connectivity index is 2.69. The molecule has 0 aromatic carbocycles. The number of nitrogens with two attached hydrogens (primary N) is 1. The lowest BCUT2D eigenvalue weighted by Crippen LogP contribution is -2.34. The Hall–Kier alpha value is -0.730. The van der Waals surface area contributed by atoms with E-state index in [1.807, 2.05) is 13.8 Å². The number of hydrogen-bond donors (Lipinski definition) is 3.